The third-order valence-corrected chi connectivity index (χ3v) is 5.53. The van der Waals surface area contributed by atoms with Crippen LogP contribution in [-0.2, 0) is 4.74 Å². The molecule has 0 bridgehead atoms. The van der Waals surface area contributed by atoms with Gasteiger partial charge in [-0.25, -0.2) is 9.97 Å². The number of hydrogen-bond donors (Lipinski definition) is 1. The number of morpholine rings is 1. The maximum atomic E-state index is 12.9. The minimum atomic E-state index is -0.221. The summed E-state index contributed by atoms with van der Waals surface area (Å²) in [7, 11) is 0. The summed E-state index contributed by atoms with van der Waals surface area (Å²) in [4.78, 5) is 28.4. The highest BCUT2D eigenvalue weighted by molar-refractivity contribution is 6.05. The van der Waals surface area contributed by atoms with Crippen LogP contribution in [0.4, 0.5) is 17.2 Å². The van der Waals surface area contributed by atoms with Crippen molar-refractivity contribution in [1.29, 1.82) is 0 Å². The number of carbonyl (C=O) groups is 1. The van der Waals surface area contributed by atoms with Gasteiger partial charge < -0.3 is 24.8 Å². The van der Waals surface area contributed by atoms with Crippen molar-refractivity contribution in [1.82, 2.24) is 14.9 Å². The zero-order valence-corrected chi connectivity index (χ0v) is 16.9. The molecule has 2 fully saturated rings. The molecule has 29 heavy (non-hydrogen) atoms. The highest BCUT2D eigenvalue weighted by Crippen LogP contribution is 2.27. The fraction of sp³-hybridized carbons (Fsp3) is 0.476. The number of rotatable bonds is 5. The van der Waals surface area contributed by atoms with Crippen molar-refractivity contribution in [3.63, 3.8) is 0 Å². The molecule has 1 aromatic heterocycles. The molecule has 1 aromatic carbocycles. The van der Waals surface area contributed by atoms with Crippen LogP contribution < -0.4 is 15.1 Å². The maximum absolute atomic E-state index is 12.9. The monoisotopic (exact) mass is 396 g/mol. The number of ether oxygens (including phenoxy) is 1. The molecule has 3 heterocycles. The molecule has 0 saturated carbocycles. The SMILES string of the molecule is CCN1CCN(c2cc(C(=O)Nc3ccccc3N3CCOCC3)ncn2)CC1. The van der Waals surface area contributed by atoms with Gasteiger partial charge in [0.1, 0.15) is 17.8 Å². The second-order valence-electron chi connectivity index (χ2n) is 7.25. The van der Waals surface area contributed by atoms with E-state index in [1.807, 2.05) is 24.3 Å². The van der Waals surface area contributed by atoms with Crippen molar-refractivity contribution >= 4 is 23.1 Å². The number of anilines is 3. The quantitative estimate of drug-likeness (QED) is 0.825. The summed E-state index contributed by atoms with van der Waals surface area (Å²) in [5.74, 6) is 0.587. The van der Waals surface area contributed by atoms with Crippen LogP contribution in [0.5, 0.6) is 0 Å². The lowest BCUT2D eigenvalue weighted by Gasteiger charge is -2.34. The van der Waals surface area contributed by atoms with Gasteiger partial charge in [0.15, 0.2) is 0 Å². The van der Waals surface area contributed by atoms with Gasteiger partial charge in [0.25, 0.3) is 5.91 Å². The Bertz CT molecular complexity index is 831. The van der Waals surface area contributed by atoms with E-state index in [0.29, 0.717) is 18.9 Å². The Morgan fingerprint density at radius 1 is 1.03 bits per heavy atom. The molecule has 2 aliphatic heterocycles. The van der Waals surface area contributed by atoms with Crippen molar-refractivity contribution in [3.8, 4) is 0 Å². The third kappa shape index (κ3) is 4.65. The molecule has 0 radical (unpaired) electrons. The van der Waals surface area contributed by atoms with Crippen LogP contribution in [0.1, 0.15) is 17.4 Å². The highest BCUT2D eigenvalue weighted by atomic mass is 16.5. The van der Waals surface area contributed by atoms with E-state index in [0.717, 1.165) is 63.0 Å². The smallest absolute Gasteiger partial charge is 0.274 e. The number of likely N-dealkylation sites (N-methyl/N-ethyl adjacent to an activating group) is 1. The largest absolute Gasteiger partial charge is 0.378 e. The lowest BCUT2D eigenvalue weighted by atomic mass is 10.2. The van der Waals surface area contributed by atoms with Crippen LogP contribution >= 0.6 is 0 Å². The van der Waals surface area contributed by atoms with Crippen molar-refractivity contribution in [3.05, 3.63) is 42.4 Å². The number of para-hydroxylation sites is 2. The van der Waals surface area contributed by atoms with Gasteiger partial charge >= 0.3 is 0 Å². The first-order chi connectivity index (χ1) is 14.2. The average molecular weight is 396 g/mol. The molecule has 154 valence electrons. The van der Waals surface area contributed by atoms with Crippen molar-refractivity contribution in [2.75, 3.05) is 74.1 Å². The number of nitrogens with zero attached hydrogens (tertiary/aromatic N) is 5. The summed E-state index contributed by atoms with van der Waals surface area (Å²) in [6, 6.07) is 9.65. The topological polar surface area (TPSA) is 73.8 Å². The number of hydrogen-bond acceptors (Lipinski definition) is 7. The first kappa shape index (κ1) is 19.6. The number of piperazine rings is 1. The summed E-state index contributed by atoms with van der Waals surface area (Å²) < 4.78 is 5.44. The lowest BCUT2D eigenvalue weighted by Crippen LogP contribution is -2.46. The minimum absolute atomic E-state index is 0.221. The summed E-state index contributed by atoms with van der Waals surface area (Å²) in [6.45, 7) is 10.1. The van der Waals surface area contributed by atoms with Crippen LogP contribution in [0.15, 0.2) is 36.7 Å². The Morgan fingerprint density at radius 2 is 1.79 bits per heavy atom. The maximum Gasteiger partial charge on any atom is 0.274 e. The van der Waals surface area contributed by atoms with Gasteiger partial charge in [-0.15, -0.1) is 0 Å². The number of benzene rings is 1. The van der Waals surface area contributed by atoms with Crippen LogP contribution in [-0.4, -0.2) is 79.8 Å². The van der Waals surface area contributed by atoms with E-state index < -0.39 is 0 Å². The Kier molecular flexibility index (Phi) is 6.21. The molecule has 8 heteroatoms. The summed E-state index contributed by atoms with van der Waals surface area (Å²) in [5, 5.41) is 3.03. The fourth-order valence-electron chi connectivity index (χ4n) is 3.78. The van der Waals surface area contributed by atoms with Crippen LogP contribution in [0.25, 0.3) is 0 Å². The predicted molar refractivity (Wildman–Crippen MR) is 114 cm³/mol. The molecule has 0 atom stereocenters. The molecular formula is C21H28N6O2. The van der Waals surface area contributed by atoms with E-state index in [1.54, 1.807) is 6.07 Å². The van der Waals surface area contributed by atoms with Crippen molar-refractivity contribution < 1.29 is 9.53 Å². The van der Waals surface area contributed by atoms with Gasteiger partial charge in [0.05, 0.1) is 24.6 Å². The Labute approximate surface area is 171 Å². The summed E-state index contributed by atoms with van der Waals surface area (Å²) in [5.41, 5.74) is 2.18. The second-order valence-corrected chi connectivity index (χ2v) is 7.25. The molecule has 2 aliphatic rings. The van der Waals surface area contributed by atoms with Gasteiger partial charge in [-0.05, 0) is 18.7 Å². The van der Waals surface area contributed by atoms with E-state index in [9.17, 15) is 4.79 Å². The van der Waals surface area contributed by atoms with Gasteiger partial charge in [-0.3, -0.25) is 4.79 Å². The molecule has 0 spiro atoms. The van der Waals surface area contributed by atoms with Gasteiger partial charge in [-0.2, -0.15) is 0 Å². The number of carbonyl (C=O) groups excluding carboxylic acids is 1. The Hall–Kier alpha value is -2.71. The Balaban J connectivity index is 1.47. The Morgan fingerprint density at radius 3 is 2.55 bits per heavy atom. The number of aromatic nitrogens is 2. The van der Waals surface area contributed by atoms with E-state index in [-0.39, 0.29) is 5.91 Å². The van der Waals surface area contributed by atoms with E-state index in [2.05, 4.69) is 36.9 Å². The van der Waals surface area contributed by atoms with Crippen molar-refractivity contribution in [2.24, 2.45) is 0 Å². The van der Waals surface area contributed by atoms with Gasteiger partial charge in [0.2, 0.25) is 0 Å². The molecule has 4 rings (SSSR count). The van der Waals surface area contributed by atoms with Gasteiger partial charge in [-0.1, -0.05) is 19.1 Å². The normalized spacial score (nSPS) is 18.0. The van der Waals surface area contributed by atoms with E-state index in [1.165, 1.54) is 6.33 Å². The molecule has 8 nitrogen and oxygen atoms in total. The van der Waals surface area contributed by atoms with Crippen LogP contribution in [0.3, 0.4) is 0 Å². The van der Waals surface area contributed by atoms with Gasteiger partial charge in [0, 0.05) is 45.3 Å². The molecule has 2 aromatic rings. The predicted octanol–water partition coefficient (Wildman–Crippen LogP) is 1.71. The summed E-state index contributed by atoms with van der Waals surface area (Å²) in [6.07, 6.45) is 1.48. The molecule has 1 N–H and O–H groups in total. The zero-order valence-electron chi connectivity index (χ0n) is 16.9. The molecular weight excluding hydrogens is 368 g/mol. The first-order valence-corrected chi connectivity index (χ1v) is 10.3. The minimum Gasteiger partial charge on any atom is -0.378 e. The van der Waals surface area contributed by atoms with Crippen LogP contribution in [0, 0.1) is 0 Å². The molecule has 1 amide bonds. The van der Waals surface area contributed by atoms with Crippen molar-refractivity contribution in [2.45, 2.75) is 6.92 Å². The standard InChI is InChI=1S/C21H28N6O2/c1-2-25-7-9-27(10-8-25)20-15-18(22-16-23-20)21(28)24-17-5-3-4-6-19(17)26-11-13-29-14-12-26/h3-6,15-16H,2,7-14H2,1H3,(H,24,28). The van der Waals surface area contributed by atoms with E-state index >= 15 is 0 Å². The zero-order chi connectivity index (χ0) is 20.1. The highest BCUT2D eigenvalue weighted by Gasteiger charge is 2.20. The lowest BCUT2D eigenvalue weighted by molar-refractivity contribution is 0.102. The number of nitrogens with one attached hydrogen (secondary N) is 1. The third-order valence-electron chi connectivity index (χ3n) is 5.53. The van der Waals surface area contributed by atoms with Crippen LogP contribution in [0.2, 0.25) is 0 Å². The summed E-state index contributed by atoms with van der Waals surface area (Å²) >= 11 is 0. The average Bonchev–Trinajstić information content (AvgIpc) is 2.80. The molecule has 2 saturated heterocycles. The fourth-order valence-corrected chi connectivity index (χ4v) is 3.78. The molecule has 0 unspecified atom stereocenters. The first-order valence-electron chi connectivity index (χ1n) is 10.3. The molecule has 0 aliphatic carbocycles. The van der Waals surface area contributed by atoms with E-state index in [4.69, 9.17) is 4.74 Å². The second kappa shape index (κ2) is 9.19. The number of amides is 1.